The summed E-state index contributed by atoms with van der Waals surface area (Å²) in [6.07, 6.45) is 4.94. The Kier molecular flexibility index (Phi) is 7.40. The van der Waals surface area contributed by atoms with E-state index in [0.29, 0.717) is 23.3 Å². The number of fused-ring (bicyclic) bond motifs is 2. The van der Waals surface area contributed by atoms with Crippen molar-refractivity contribution >= 4 is 34.4 Å². The Morgan fingerprint density at radius 2 is 1.86 bits per heavy atom. The summed E-state index contributed by atoms with van der Waals surface area (Å²) >= 11 is 1.78. The van der Waals surface area contributed by atoms with Crippen molar-refractivity contribution in [1.82, 2.24) is 19.9 Å². The summed E-state index contributed by atoms with van der Waals surface area (Å²) in [6.45, 7) is 4.10. The molecule has 0 spiro atoms. The van der Waals surface area contributed by atoms with Crippen LogP contribution in [-0.4, -0.2) is 33.4 Å². The predicted molar refractivity (Wildman–Crippen MR) is 170 cm³/mol. The number of pyridine rings is 1. The number of benzene rings is 3. The lowest BCUT2D eigenvalue weighted by Gasteiger charge is -2.27. The van der Waals surface area contributed by atoms with Gasteiger partial charge >= 0.3 is 0 Å². The van der Waals surface area contributed by atoms with Gasteiger partial charge in [0, 0.05) is 34.5 Å². The number of anilines is 2. The maximum absolute atomic E-state index is 14.1. The highest BCUT2D eigenvalue weighted by Crippen LogP contribution is 2.36. The van der Waals surface area contributed by atoms with E-state index in [9.17, 15) is 4.79 Å². The first-order valence-electron chi connectivity index (χ1n) is 14.6. The summed E-state index contributed by atoms with van der Waals surface area (Å²) in [5.41, 5.74) is 4.88. The van der Waals surface area contributed by atoms with Crippen LogP contribution in [0.1, 0.15) is 41.5 Å². The van der Waals surface area contributed by atoms with Gasteiger partial charge in [0.1, 0.15) is 11.4 Å². The van der Waals surface area contributed by atoms with E-state index in [1.54, 1.807) is 24.0 Å². The van der Waals surface area contributed by atoms with Crippen molar-refractivity contribution in [1.29, 1.82) is 0 Å². The van der Waals surface area contributed by atoms with Crippen LogP contribution in [0.3, 0.4) is 0 Å². The third-order valence-corrected chi connectivity index (χ3v) is 9.47. The van der Waals surface area contributed by atoms with Crippen molar-refractivity contribution in [2.45, 2.75) is 43.0 Å². The van der Waals surface area contributed by atoms with E-state index in [2.05, 4.69) is 64.1 Å². The molecule has 5 aromatic rings. The van der Waals surface area contributed by atoms with Crippen LogP contribution < -0.4 is 20.9 Å². The maximum Gasteiger partial charge on any atom is 0.295 e. The minimum atomic E-state index is -0.189. The van der Waals surface area contributed by atoms with Crippen LogP contribution in [0.4, 0.5) is 11.6 Å². The Morgan fingerprint density at radius 1 is 1.02 bits per heavy atom. The largest absolute Gasteiger partial charge is 0.451 e. The summed E-state index contributed by atoms with van der Waals surface area (Å²) in [6, 6.07) is 26.4. The average Bonchev–Trinajstić information content (AvgIpc) is 3.03. The Balaban J connectivity index is 1.25. The van der Waals surface area contributed by atoms with Gasteiger partial charge in [0.05, 0.1) is 6.04 Å². The fraction of sp³-hybridized carbons (Fsp3) is 0.265. The van der Waals surface area contributed by atoms with Crippen molar-refractivity contribution in [3.05, 3.63) is 112 Å². The highest BCUT2D eigenvalue weighted by atomic mass is 32.2. The number of hydrogen-bond acceptors (Lipinski definition) is 7. The smallest absolute Gasteiger partial charge is 0.295 e. The van der Waals surface area contributed by atoms with Crippen molar-refractivity contribution in [2.75, 3.05) is 24.2 Å². The molecule has 0 amide bonds. The molecule has 7 nitrogen and oxygen atoms in total. The monoisotopic (exact) mass is 575 g/mol. The van der Waals surface area contributed by atoms with Crippen molar-refractivity contribution < 1.29 is 4.74 Å². The number of rotatable bonds is 6. The molecule has 1 saturated heterocycles. The quantitative estimate of drug-likeness (QED) is 0.226. The molecule has 212 valence electrons. The normalized spacial score (nSPS) is 18.4. The number of nitrogens with one attached hydrogen (secondary N) is 2. The van der Waals surface area contributed by atoms with E-state index in [0.717, 1.165) is 41.9 Å². The lowest BCUT2D eigenvalue weighted by atomic mass is 9.92. The van der Waals surface area contributed by atoms with Gasteiger partial charge < -0.3 is 15.4 Å². The molecule has 0 saturated carbocycles. The van der Waals surface area contributed by atoms with Gasteiger partial charge in [-0.15, -0.1) is 11.8 Å². The Labute approximate surface area is 249 Å². The van der Waals surface area contributed by atoms with Crippen molar-refractivity contribution in [2.24, 2.45) is 0 Å². The molecule has 2 aromatic heterocycles. The summed E-state index contributed by atoms with van der Waals surface area (Å²) < 4.78 is 8.04. The Bertz CT molecular complexity index is 1800. The number of para-hydroxylation sites is 1. The molecule has 0 radical (unpaired) electrons. The van der Waals surface area contributed by atoms with E-state index >= 15 is 0 Å². The number of hydrogen-bond donors (Lipinski definition) is 2. The molecule has 3 aromatic carbocycles. The van der Waals surface area contributed by atoms with Crippen molar-refractivity contribution in [3.63, 3.8) is 0 Å². The molecule has 2 atom stereocenters. The van der Waals surface area contributed by atoms with E-state index in [4.69, 9.17) is 9.72 Å². The molecule has 1 fully saturated rings. The van der Waals surface area contributed by atoms with E-state index in [-0.39, 0.29) is 17.4 Å². The molecule has 2 unspecified atom stereocenters. The van der Waals surface area contributed by atoms with Crippen LogP contribution in [-0.2, 0) is 6.42 Å². The number of ether oxygens (including phenoxy) is 1. The topological polar surface area (TPSA) is 81.1 Å². The van der Waals surface area contributed by atoms with Crippen LogP contribution >= 0.6 is 11.8 Å². The minimum Gasteiger partial charge on any atom is -0.451 e. The van der Waals surface area contributed by atoms with Gasteiger partial charge in [0.25, 0.3) is 5.56 Å². The number of nitrogens with zero attached hydrogens (tertiary/aromatic N) is 3. The molecule has 0 bridgehead atoms. The summed E-state index contributed by atoms with van der Waals surface area (Å²) in [5.74, 6) is 2.71. The molecule has 8 heteroatoms. The van der Waals surface area contributed by atoms with Crippen LogP contribution in [0.5, 0.6) is 11.5 Å². The maximum atomic E-state index is 14.1. The first-order valence-corrected chi connectivity index (χ1v) is 15.5. The first kappa shape index (κ1) is 26.7. The van der Waals surface area contributed by atoms with Gasteiger partial charge in [-0.25, -0.2) is 4.98 Å². The zero-order chi connectivity index (χ0) is 28.5. The van der Waals surface area contributed by atoms with E-state index in [1.165, 1.54) is 28.9 Å². The second-order valence-corrected chi connectivity index (χ2v) is 12.2. The second-order valence-electron chi connectivity index (χ2n) is 11.1. The Hall–Kier alpha value is -4.14. The number of thioether (sulfide) groups is 1. The summed E-state index contributed by atoms with van der Waals surface area (Å²) in [7, 11) is 0. The summed E-state index contributed by atoms with van der Waals surface area (Å²) in [4.78, 5) is 24.9. The average molecular weight is 576 g/mol. The highest BCUT2D eigenvalue weighted by molar-refractivity contribution is 7.99. The van der Waals surface area contributed by atoms with Gasteiger partial charge in [-0.1, -0.05) is 48.5 Å². The fourth-order valence-electron chi connectivity index (χ4n) is 5.94. The van der Waals surface area contributed by atoms with Gasteiger partial charge in [-0.2, -0.15) is 4.98 Å². The molecule has 2 aliphatic rings. The van der Waals surface area contributed by atoms with Gasteiger partial charge in [-0.3, -0.25) is 9.36 Å². The number of piperidine rings is 1. The van der Waals surface area contributed by atoms with Gasteiger partial charge in [0.15, 0.2) is 5.75 Å². The third kappa shape index (κ3) is 5.40. The molecular weight excluding hydrogens is 542 g/mol. The van der Waals surface area contributed by atoms with E-state index < -0.39 is 0 Å². The summed E-state index contributed by atoms with van der Waals surface area (Å²) in [5, 5.41) is 7.61. The molecule has 2 N–H and O–H groups in total. The SMILES string of the molecule is Cc1ccccc1Oc1cc2cnc(Nc3ccc(C4CCCNC4)cc3)nc2n(C2CSc3ccccc3C2)c1=O. The second kappa shape index (κ2) is 11.6. The van der Waals surface area contributed by atoms with Crippen LogP contribution in [0.2, 0.25) is 0 Å². The number of aryl methyl sites for hydroxylation is 1. The number of aromatic nitrogens is 3. The zero-order valence-corrected chi connectivity index (χ0v) is 24.4. The molecule has 2 aliphatic heterocycles. The van der Waals surface area contributed by atoms with E-state index in [1.807, 2.05) is 35.8 Å². The lowest BCUT2D eigenvalue weighted by molar-refractivity contribution is 0.453. The zero-order valence-electron chi connectivity index (χ0n) is 23.5. The van der Waals surface area contributed by atoms with Crippen molar-refractivity contribution in [3.8, 4) is 11.5 Å². The molecule has 4 heterocycles. The highest BCUT2D eigenvalue weighted by Gasteiger charge is 2.26. The first-order chi connectivity index (χ1) is 20.6. The lowest BCUT2D eigenvalue weighted by Crippen LogP contribution is -2.30. The molecular formula is C34H33N5O2S. The fourth-order valence-corrected chi connectivity index (χ4v) is 7.09. The molecule has 42 heavy (non-hydrogen) atoms. The Morgan fingerprint density at radius 3 is 2.69 bits per heavy atom. The molecule has 0 aliphatic carbocycles. The van der Waals surface area contributed by atoms with Crippen LogP contribution in [0.25, 0.3) is 11.0 Å². The van der Waals surface area contributed by atoms with Crippen LogP contribution in [0.15, 0.2) is 94.7 Å². The standard InChI is InChI=1S/C34H33N5O2S/c1-22-7-2-4-10-29(22)41-30-18-26-20-36-34(37-27-14-12-23(13-15-27)25-9-6-16-35-19-25)38-32(26)39(33(30)40)28-17-24-8-3-5-11-31(24)42-21-28/h2-5,7-8,10-15,18,20,25,28,35H,6,9,16-17,19,21H2,1H3,(H,36,37,38). The van der Waals surface area contributed by atoms with Crippen LogP contribution in [0, 0.1) is 6.92 Å². The third-order valence-electron chi connectivity index (χ3n) is 8.21. The van der Waals surface area contributed by atoms with Gasteiger partial charge in [-0.05, 0) is 85.7 Å². The van der Waals surface area contributed by atoms with Gasteiger partial charge in [0.2, 0.25) is 5.95 Å². The minimum absolute atomic E-state index is 0.0774. The molecule has 7 rings (SSSR count). The predicted octanol–water partition coefficient (Wildman–Crippen LogP) is 6.99.